The molecule has 1 aromatic carbocycles. The average Bonchev–Trinajstić information content (AvgIpc) is 2.40. The summed E-state index contributed by atoms with van der Waals surface area (Å²) in [5.74, 6) is -0.665. The van der Waals surface area contributed by atoms with Gasteiger partial charge in [0.25, 0.3) is 0 Å². The molecule has 0 aromatic heterocycles. The smallest absolute Gasteiger partial charge is 0.239 e. The van der Waals surface area contributed by atoms with Gasteiger partial charge in [-0.15, -0.1) is 0 Å². The van der Waals surface area contributed by atoms with Gasteiger partial charge in [0.15, 0.2) is 0 Å². The molecule has 0 aliphatic carbocycles. The topological polar surface area (TPSA) is 95.6 Å². The average molecular weight is 313 g/mol. The van der Waals surface area contributed by atoms with Gasteiger partial charge >= 0.3 is 0 Å². The van der Waals surface area contributed by atoms with Crippen LogP contribution < -0.4 is 10.6 Å². The molecule has 0 saturated heterocycles. The summed E-state index contributed by atoms with van der Waals surface area (Å²) >= 11 is 0. The number of amides is 2. The number of hydrogen-bond acceptors (Lipinski definition) is 4. The number of benzene rings is 1. The molecule has 1 aromatic rings. The zero-order valence-electron chi connectivity index (χ0n) is 12.2. The van der Waals surface area contributed by atoms with E-state index in [1.807, 2.05) is 0 Å². The lowest BCUT2D eigenvalue weighted by Crippen LogP contribution is -2.35. The lowest BCUT2D eigenvalue weighted by Gasteiger charge is -2.15. The maximum Gasteiger partial charge on any atom is 0.239 e. The van der Waals surface area contributed by atoms with Gasteiger partial charge in [-0.1, -0.05) is 0 Å². The number of sulfonamides is 1. The predicted octanol–water partition coefficient (Wildman–Crippen LogP) is 0.865. The van der Waals surface area contributed by atoms with Crippen LogP contribution in [0.1, 0.15) is 13.8 Å². The molecule has 0 atom stereocenters. The van der Waals surface area contributed by atoms with Crippen LogP contribution in [0.3, 0.4) is 0 Å². The number of carbonyl (C=O) groups excluding carboxylic acids is 2. The van der Waals surface area contributed by atoms with Gasteiger partial charge in [0, 0.05) is 25.3 Å². The quantitative estimate of drug-likeness (QED) is 0.814. The van der Waals surface area contributed by atoms with Gasteiger partial charge in [-0.3, -0.25) is 9.59 Å². The Hall–Kier alpha value is -1.93. The summed E-state index contributed by atoms with van der Waals surface area (Å²) in [4.78, 5) is 22.6. The fraction of sp³-hybridized carbons (Fsp3) is 0.385. The largest absolute Gasteiger partial charge is 0.326 e. The summed E-state index contributed by atoms with van der Waals surface area (Å²) in [6, 6.07) is 6.53. The van der Waals surface area contributed by atoms with E-state index in [2.05, 4.69) is 10.6 Å². The second-order valence-corrected chi connectivity index (χ2v) is 6.83. The van der Waals surface area contributed by atoms with Crippen molar-refractivity contribution in [2.45, 2.75) is 13.8 Å². The van der Waals surface area contributed by atoms with Gasteiger partial charge in [0.05, 0.1) is 12.3 Å². The Morgan fingerprint density at radius 3 is 2.00 bits per heavy atom. The number of hydrogen-bond donors (Lipinski definition) is 2. The third kappa shape index (κ3) is 5.52. The lowest BCUT2D eigenvalue weighted by molar-refractivity contribution is -0.116. The third-order valence-corrected chi connectivity index (χ3v) is 4.50. The summed E-state index contributed by atoms with van der Waals surface area (Å²) in [6.07, 6.45) is 0. The van der Waals surface area contributed by atoms with Crippen molar-refractivity contribution in [3.63, 3.8) is 0 Å². The van der Waals surface area contributed by atoms with Crippen LogP contribution in [0.5, 0.6) is 0 Å². The molecule has 116 valence electrons. The number of nitrogens with one attached hydrogen (secondary N) is 2. The van der Waals surface area contributed by atoms with Crippen molar-refractivity contribution in [3.05, 3.63) is 24.3 Å². The minimum absolute atomic E-state index is 0.0534. The Kier molecular flexibility index (Phi) is 5.86. The van der Waals surface area contributed by atoms with Crippen LogP contribution in [0.2, 0.25) is 0 Å². The Balaban J connectivity index is 2.61. The molecular weight excluding hydrogens is 294 g/mol. The number of likely N-dealkylation sites (N-methyl/N-ethyl adjacent to an activating group) is 1. The molecule has 0 spiro atoms. The van der Waals surface area contributed by atoms with Crippen LogP contribution in [0.15, 0.2) is 24.3 Å². The highest BCUT2D eigenvalue weighted by Gasteiger charge is 2.18. The van der Waals surface area contributed by atoms with Crippen LogP contribution >= 0.6 is 0 Å². The van der Waals surface area contributed by atoms with E-state index in [4.69, 9.17) is 0 Å². The fourth-order valence-corrected chi connectivity index (χ4v) is 2.32. The van der Waals surface area contributed by atoms with E-state index < -0.39 is 15.9 Å². The molecule has 2 amide bonds. The number of nitrogens with zero attached hydrogens (tertiary/aromatic N) is 1. The van der Waals surface area contributed by atoms with Gasteiger partial charge in [-0.2, -0.15) is 4.31 Å². The first-order valence-corrected chi connectivity index (χ1v) is 7.97. The third-order valence-electron chi connectivity index (χ3n) is 2.69. The normalized spacial score (nSPS) is 11.2. The minimum atomic E-state index is -3.38. The summed E-state index contributed by atoms with van der Waals surface area (Å²) in [7, 11) is -2.02. The van der Waals surface area contributed by atoms with Crippen molar-refractivity contribution in [2.24, 2.45) is 0 Å². The number of rotatable bonds is 6. The minimum Gasteiger partial charge on any atom is -0.326 e. The summed E-state index contributed by atoms with van der Waals surface area (Å²) in [5.41, 5.74) is 1.14. The van der Waals surface area contributed by atoms with Crippen molar-refractivity contribution in [3.8, 4) is 0 Å². The maximum atomic E-state index is 11.8. The Morgan fingerprint density at radius 2 is 1.57 bits per heavy atom. The van der Waals surface area contributed by atoms with E-state index in [0.29, 0.717) is 11.4 Å². The van der Waals surface area contributed by atoms with E-state index in [9.17, 15) is 18.0 Å². The van der Waals surface area contributed by atoms with Gasteiger partial charge in [-0.25, -0.2) is 8.42 Å². The molecule has 0 aliphatic heterocycles. The highest BCUT2D eigenvalue weighted by molar-refractivity contribution is 7.89. The highest BCUT2D eigenvalue weighted by Crippen LogP contribution is 2.13. The Bertz CT molecular complexity index is 611. The first kappa shape index (κ1) is 17.1. The molecule has 8 heteroatoms. The molecule has 0 unspecified atom stereocenters. The fourth-order valence-electron chi connectivity index (χ4n) is 1.56. The van der Waals surface area contributed by atoms with E-state index in [1.54, 1.807) is 24.3 Å². The molecule has 0 bridgehead atoms. The van der Waals surface area contributed by atoms with Crippen LogP contribution in [0, 0.1) is 0 Å². The summed E-state index contributed by atoms with van der Waals surface area (Å²) in [6.45, 7) is 2.67. The lowest BCUT2D eigenvalue weighted by atomic mass is 10.2. The predicted molar refractivity (Wildman–Crippen MR) is 81.5 cm³/mol. The summed E-state index contributed by atoms with van der Waals surface area (Å²) < 4.78 is 24.1. The molecule has 21 heavy (non-hydrogen) atoms. The van der Waals surface area contributed by atoms with Gasteiger partial charge in [0.1, 0.15) is 0 Å². The first-order chi connectivity index (χ1) is 9.74. The zero-order chi connectivity index (χ0) is 16.0. The monoisotopic (exact) mass is 313 g/mol. The molecule has 0 heterocycles. The summed E-state index contributed by atoms with van der Waals surface area (Å²) in [5, 5.41) is 5.20. The van der Waals surface area contributed by atoms with Crippen molar-refractivity contribution in [1.29, 1.82) is 0 Å². The molecule has 0 saturated carbocycles. The van der Waals surface area contributed by atoms with Crippen molar-refractivity contribution in [2.75, 3.05) is 30.0 Å². The van der Waals surface area contributed by atoms with Crippen LogP contribution in [-0.4, -0.2) is 43.9 Å². The molecular formula is C13H19N3O4S. The first-order valence-electron chi connectivity index (χ1n) is 6.36. The molecule has 2 N–H and O–H groups in total. The van der Waals surface area contributed by atoms with Crippen LogP contribution in [0.25, 0.3) is 0 Å². The zero-order valence-corrected chi connectivity index (χ0v) is 13.0. The second kappa shape index (κ2) is 7.19. The van der Waals surface area contributed by atoms with Gasteiger partial charge < -0.3 is 10.6 Å². The van der Waals surface area contributed by atoms with Gasteiger partial charge in [0.2, 0.25) is 21.8 Å². The van der Waals surface area contributed by atoms with E-state index >= 15 is 0 Å². The Morgan fingerprint density at radius 1 is 1.10 bits per heavy atom. The number of carbonyl (C=O) groups is 2. The molecule has 0 fully saturated rings. The van der Waals surface area contributed by atoms with Crippen molar-refractivity contribution < 1.29 is 18.0 Å². The Labute approximate surface area is 124 Å². The molecule has 1 rings (SSSR count). The van der Waals surface area contributed by atoms with E-state index in [0.717, 1.165) is 4.31 Å². The second-order valence-electron chi connectivity index (χ2n) is 4.46. The molecule has 0 radical (unpaired) electrons. The molecule has 0 aliphatic rings. The van der Waals surface area contributed by atoms with E-state index in [1.165, 1.54) is 20.9 Å². The van der Waals surface area contributed by atoms with Gasteiger partial charge in [-0.05, 0) is 31.2 Å². The highest BCUT2D eigenvalue weighted by atomic mass is 32.2. The molecule has 7 nitrogen and oxygen atoms in total. The van der Waals surface area contributed by atoms with Crippen LogP contribution in [-0.2, 0) is 19.6 Å². The van der Waals surface area contributed by atoms with Crippen molar-refractivity contribution in [1.82, 2.24) is 4.31 Å². The van der Waals surface area contributed by atoms with Crippen molar-refractivity contribution >= 4 is 33.2 Å². The number of anilines is 2. The maximum absolute atomic E-state index is 11.8. The SMILES string of the molecule is CCS(=O)(=O)N(C)CC(=O)Nc1ccc(NC(C)=O)cc1. The van der Waals surface area contributed by atoms with Crippen LogP contribution in [0.4, 0.5) is 11.4 Å². The standard InChI is InChI=1S/C13H19N3O4S/c1-4-21(19,20)16(3)9-13(18)15-12-7-5-11(6-8-12)14-10(2)17/h5-8H,4,9H2,1-3H3,(H,14,17)(H,15,18). The van der Waals surface area contributed by atoms with E-state index in [-0.39, 0.29) is 18.2 Å².